The molecule has 0 saturated carbocycles. The Morgan fingerprint density at radius 1 is 1.42 bits per heavy atom. The Morgan fingerprint density at radius 2 is 2.11 bits per heavy atom. The maximum absolute atomic E-state index is 12.0. The third kappa shape index (κ3) is 2.79. The molecule has 0 bridgehead atoms. The number of rotatable bonds is 3. The smallest absolute Gasteiger partial charge is 0.337 e. The Kier molecular flexibility index (Phi) is 3.91. The predicted molar refractivity (Wildman–Crippen MR) is 78.3 cm³/mol. The Hall–Kier alpha value is -1.40. The summed E-state index contributed by atoms with van der Waals surface area (Å²) in [6.07, 6.45) is 0. The molecule has 0 saturated heterocycles. The maximum Gasteiger partial charge on any atom is 0.337 e. The van der Waals surface area contributed by atoms with E-state index in [0.717, 1.165) is 8.66 Å². The number of carboxylic acids is 1. The van der Waals surface area contributed by atoms with Crippen molar-refractivity contribution in [1.29, 1.82) is 0 Å². The lowest BCUT2D eigenvalue weighted by molar-refractivity contribution is 0.0694. The average molecular weight is 342 g/mol. The van der Waals surface area contributed by atoms with Gasteiger partial charge in [0.15, 0.2) is 0 Å². The fourth-order valence-corrected chi connectivity index (χ4v) is 3.51. The van der Waals surface area contributed by atoms with Gasteiger partial charge in [-0.2, -0.15) is 0 Å². The summed E-state index contributed by atoms with van der Waals surface area (Å²) in [7, 11) is 0. The number of hydrogen-bond acceptors (Lipinski definition) is 3. The van der Waals surface area contributed by atoms with E-state index in [1.54, 1.807) is 13.8 Å². The van der Waals surface area contributed by atoms with E-state index >= 15 is 0 Å². The molecule has 0 atom stereocenters. The van der Waals surface area contributed by atoms with Crippen molar-refractivity contribution in [2.45, 2.75) is 20.4 Å². The molecule has 0 radical (unpaired) electrons. The van der Waals surface area contributed by atoms with E-state index in [9.17, 15) is 14.7 Å². The molecule has 0 aliphatic heterocycles. The fraction of sp³-hybridized carbons (Fsp3) is 0.231. The highest BCUT2D eigenvalue weighted by Crippen LogP contribution is 2.23. The summed E-state index contributed by atoms with van der Waals surface area (Å²) in [6, 6.07) is 5.20. The molecule has 2 aromatic rings. The molecule has 0 aromatic carbocycles. The molecule has 19 heavy (non-hydrogen) atoms. The number of aromatic carboxylic acids is 1. The van der Waals surface area contributed by atoms with Crippen molar-refractivity contribution >= 4 is 33.2 Å². The van der Waals surface area contributed by atoms with Crippen LogP contribution in [0.15, 0.2) is 26.8 Å². The van der Waals surface area contributed by atoms with Gasteiger partial charge in [-0.25, -0.2) is 4.79 Å². The standard InChI is InChI=1S/C13H12BrNO3S/c1-7-5-11(16)15(8(2)12(7)13(17)18)6-9-3-4-10(14)19-9/h3-5H,6H2,1-2H3,(H,17,18). The summed E-state index contributed by atoms with van der Waals surface area (Å²) >= 11 is 4.90. The van der Waals surface area contributed by atoms with Crippen LogP contribution in [0.4, 0.5) is 0 Å². The van der Waals surface area contributed by atoms with Crippen molar-refractivity contribution in [1.82, 2.24) is 4.57 Å². The van der Waals surface area contributed by atoms with E-state index in [1.807, 2.05) is 12.1 Å². The van der Waals surface area contributed by atoms with E-state index < -0.39 is 5.97 Å². The van der Waals surface area contributed by atoms with Crippen LogP contribution in [0.3, 0.4) is 0 Å². The van der Waals surface area contributed by atoms with Crippen LogP contribution >= 0.6 is 27.3 Å². The maximum atomic E-state index is 12.0. The number of pyridine rings is 1. The van der Waals surface area contributed by atoms with E-state index in [0.29, 0.717) is 17.8 Å². The van der Waals surface area contributed by atoms with Gasteiger partial charge in [-0.1, -0.05) is 0 Å². The minimum Gasteiger partial charge on any atom is -0.478 e. The molecule has 0 aliphatic carbocycles. The van der Waals surface area contributed by atoms with E-state index in [2.05, 4.69) is 15.9 Å². The molecular weight excluding hydrogens is 330 g/mol. The van der Waals surface area contributed by atoms with Gasteiger partial charge in [0.05, 0.1) is 15.9 Å². The molecule has 2 rings (SSSR count). The second kappa shape index (κ2) is 5.30. The first-order valence-corrected chi connectivity index (χ1v) is 7.19. The van der Waals surface area contributed by atoms with Gasteiger partial charge in [0, 0.05) is 16.6 Å². The SMILES string of the molecule is Cc1cc(=O)n(Cc2ccc(Br)s2)c(C)c1C(=O)O. The van der Waals surface area contributed by atoms with Gasteiger partial charge in [0.2, 0.25) is 0 Å². The van der Waals surface area contributed by atoms with Gasteiger partial charge in [0.25, 0.3) is 5.56 Å². The zero-order valence-electron chi connectivity index (χ0n) is 10.4. The van der Waals surface area contributed by atoms with Crippen LogP contribution in [0.5, 0.6) is 0 Å². The van der Waals surface area contributed by atoms with Crippen LogP contribution in [0, 0.1) is 13.8 Å². The zero-order chi connectivity index (χ0) is 14.2. The molecule has 0 amide bonds. The Bertz CT molecular complexity index is 702. The first kappa shape index (κ1) is 14.0. The van der Waals surface area contributed by atoms with Crippen molar-refractivity contribution in [2.75, 3.05) is 0 Å². The van der Waals surface area contributed by atoms with Crippen molar-refractivity contribution in [3.05, 3.63) is 54.0 Å². The van der Waals surface area contributed by atoms with E-state index in [1.165, 1.54) is 22.0 Å². The van der Waals surface area contributed by atoms with Gasteiger partial charge in [-0.15, -0.1) is 11.3 Å². The highest BCUT2D eigenvalue weighted by molar-refractivity contribution is 9.11. The first-order valence-electron chi connectivity index (χ1n) is 5.58. The van der Waals surface area contributed by atoms with Gasteiger partial charge in [0.1, 0.15) is 0 Å². The summed E-state index contributed by atoms with van der Waals surface area (Å²) in [5, 5.41) is 9.21. The number of carbonyl (C=O) groups is 1. The van der Waals surface area contributed by atoms with Gasteiger partial charge in [-0.3, -0.25) is 4.79 Å². The number of carboxylic acid groups (broad SMARTS) is 1. The number of halogens is 1. The van der Waals surface area contributed by atoms with Crippen LogP contribution < -0.4 is 5.56 Å². The Balaban J connectivity index is 2.54. The van der Waals surface area contributed by atoms with Crippen molar-refractivity contribution in [2.24, 2.45) is 0 Å². The molecule has 6 heteroatoms. The number of thiophene rings is 1. The molecule has 0 aliphatic rings. The summed E-state index contributed by atoms with van der Waals surface area (Å²) in [5.74, 6) is -1.00. The number of nitrogens with zero attached hydrogens (tertiary/aromatic N) is 1. The monoisotopic (exact) mass is 341 g/mol. The van der Waals surface area contributed by atoms with Gasteiger partial charge < -0.3 is 9.67 Å². The average Bonchev–Trinajstić information content (AvgIpc) is 2.69. The molecule has 4 nitrogen and oxygen atoms in total. The number of aromatic nitrogens is 1. The summed E-state index contributed by atoms with van der Waals surface area (Å²) in [4.78, 5) is 24.2. The van der Waals surface area contributed by atoms with Crippen molar-refractivity contribution in [3.8, 4) is 0 Å². The third-order valence-electron chi connectivity index (χ3n) is 2.92. The second-order valence-electron chi connectivity index (χ2n) is 4.22. The quantitative estimate of drug-likeness (QED) is 0.933. The highest BCUT2D eigenvalue weighted by atomic mass is 79.9. The highest BCUT2D eigenvalue weighted by Gasteiger charge is 2.16. The molecule has 100 valence electrons. The molecule has 0 spiro atoms. The summed E-state index contributed by atoms with van der Waals surface area (Å²) in [5.41, 5.74) is 1.01. The minimum atomic E-state index is -1.00. The molecule has 0 fully saturated rings. The Morgan fingerprint density at radius 3 is 2.63 bits per heavy atom. The molecule has 1 N–H and O–H groups in total. The van der Waals surface area contributed by atoms with E-state index in [-0.39, 0.29) is 11.1 Å². The third-order valence-corrected chi connectivity index (χ3v) is 4.53. The van der Waals surface area contributed by atoms with Crippen LogP contribution in [-0.2, 0) is 6.54 Å². The van der Waals surface area contributed by atoms with E-state index in [4.69, 9.17) is 0 Å². The first-order chi connectivity index (χ1) is 8.90. The Labute approximate surface area is 122 Å². The van der Waals surface area contributed by atoms with Gasteiger partial charge in [-0.05, 0) is 47.5 Å². The molecule has 2 aromatic heterocycles. The molecule has 0 unspecified atom stereocenters. The van der Waals surface area contributed by atoms with Gasteiger partial charge >= 0.3 is 5.97 Å². The number of aryl methyl sites for hydroxylation is 1. The molecule has 2 heterocycles. The normalized spacial score (nSPS) is 10.7. The van der Waals surface area contributed by atoms with Crippen LogP contribution in [-0.4, -0.2) is 15.6 Å². The second-order valence-corrected chi connectivity index (χ2v) is 6.77. The minimum absolute atomic E-state index is 0.176. The predicted octanol–water partition coefficient (Wildman–Crippen LogP) is 3.04. The lowest BCUT2D eigenvalue weighted by atomic mass is 10.1. The summed E-state index contributed by atoms with van der Waals surface area (Å²) in [6.45, 7) is 3.70. The molecular formula is C13H12BrNO3S. The lowest BCUT2D eigenvalue weighted by Gasteiger charge is -2.13. The summed E-state index contributed by atoms with van der Waals surface area (Å²) < 4.78 is 2.48. The van der Waals surface area contributed by atoms with Crippen LogP contribution in [0.2, 0.25) is 0 Å². The topological polar surface area (TPSA) is 59.3 Å². The fourth-order valence-electron chi connectivity index (χ4n) is 2.03. The van der Waals surface area contributed by atoms with Crippen LogP contribution in [0.25, 0.3) is 0 Å². The van der Waals surface area contributed by atoms with Crippen molar-refractivity contribution in [3.63, 3.8) is 0 Å². The van der Waals surface area contributed by atoms with Crippen LogP contribution in [0.1, 0.15) is 26.5 Å². The number of hydrogen-bond donors (Lipinski definition) is 1. The van der Waals surface area contributed by atoms with Crippen molar-refractivity contribution < 1.29 is 9.90 Å². The zero-order valence-corrected chi connectivity index (χ0v) is 12.8. The lowest BCUT2D eigenvalue weighted by Crippen LogP contribution is -2.25. The largest absolute Gasteiger partial charge is 0.478 e.